The van der Waals surface area contributed by atoms with E-state index in [1.165, 1.54) is 4.90 Å². The zero-order valence-corrected chi connectivity index (χ0v) is 9.94. The number of hydrogen-bond donors (Lipinski definition) is 2. The number of likely N-dealkylation sites (tertiary alicyclic amines) is 1. The molecule has 0 spiro atoms. The van der Waals surface area contributed by atoms with E-state index in [1.807, 2.05) is 0 Å². The Balaban J connectivity index is 2.24. The highest BCUT2D eigenvalue weighted by molar-refractivity contribution is 5.85. The zero-order chi connectivity index (χ0) is 12.8. The molecule has 0 saturated carbocycles. The second-order valence-electron chi connectivity index (χ2n) is 4.32. The molecule has 96 valence electrons. The average Bonchev–Trinajstić information content (AvgIpc) is 2.61. The minimum atomic E-state index is -0.874. The molecule has 0 aromatic carbocycles. The fourth-order valence-electron chi connectivity index (χ4n) is 1.78. The van der Waals surface area contributed by atoms with E-state index in [9.17, 15) is 14.4 Å². The first-order valence-electron chi connectivity index (χ1n) is 5.78. The second kappa shape index (κ2) is 6.22. The van der Waals surface area contributed by atoms with Crippen molar-refractivity contribution < 1.29 is 19.5 Å². The summed E-state index contributed by atoms with van der Waals surface area (Å²) in [5.74, 6) is -1.09. The standard InChI is InChI=1S/C11H18N2O4/c1-8(4-5-11(16)17)12-9(14)7-13-6-2-3-10(13)15/h8H,2-7H2,1H3,(H,12,14)(H,16,17). The molecule has 0 aromatic heterocycles. The highest BCUT2D eigenvalue weighted by atomic mass is 16.4. The third-order valence-corrected chi connectivity index (χ3v) is 2.70. The Hall–Kier alpha value is -1.59. The van der Waals surface area contributed by atoms with Crippen molar-refractivity contribution in [1.29, 1.82) is 0 Å². The van der Waals surface area contributed by atoms with Crippen LogP contribution in [0.25, 0.3) is 0 Å². The number of carbonyl (C=O) groups is 3. The van der Waals surface area contributed by atoms with Crippen molar-refractivity contribution in [3.05, 3.63) is 0 Å². The lowest BCUT2D eigenvalue weighted by Gasteiger charge is -2.17. The van der Waals surface area contributed by atoms with Gasteiger partial charge >= 0.3 is 5.97 Å². The van der Waals surface area contributed by atoms with Crippen LogP contribution in [0.3, 0.4) is 0 Å². The lowest BCUT2D eigenvalue weighted by atomic mass is 10.2. The van der Waals surface area contributed by atoms with Crippen LogP contribution in [0, 0.1) is 0 Å². The minimum absolute atomic E-state index is 0.0124. The first kappa shape index (κ1) is 13.5. The maximum absolute atomic E-state index is 11.5. The lowest BCUT2D eigenvalue weighted by Crippen LogP contribution is -2.41. The fraction of sp³-hybridized carbons (Fsp3) is 0.727. The number of nitrogens with zero attached hydrogens (tertiary/aromatic N) is 1. The Labute approximate surface area is 100.0 Å². The van der Waals surface area contributed by atoms with Gasteiger partial charge < -0.3 is 15.3 Å². The molecule has 2 N–H and O–H groups in total. The Morgan fingerprint density at radius 1 is 1.53 bits per heavy atom. The molecule has 2 amide bonds. The lowest BCUT2D eigenvalue weighted by molar-refractivity contribution is -0.137. The van der Waals surface area contributed by atoms with Crippen molar-refractivity contribution in [2.24, 2.45) is 0 Å². The quantitative estimate of drug-likeness (QED) is 0.685. The number of aliphatic carboxylic acids is 1. The van der Waals surface area contributed by atoms with Gasteiger partial charge in [-0.3, -0.25) is 14.4 Å². The van der Waals surface area contributed by atoms with Crippen molar-refractivity contribution in [3.63, 3.8) is 0 Å². The van der Waals surface area contributed by atoms with Gasteiger partial charge in [0.1, 0.15) is 0 Å². The maximum Gasteiger partial charge on any atom is 0.303 e. The van der Waals surface area contributed by atoms with Crippen LogP contribution in [-0.2, 0) is 14.4 Å². The van der Waals surface area contributed by atoms with Crippen molar-refractivity contribution in [3.8, 4) is 0 Å². The Morgan fingerprint density at radius 2 is 2.24 bits per heavy atom. The molecule has 1 fully saturated rings. The molecule has 1 heterocycles. The molecule has 1 aliphatic heterocycles. The number of amides is 2. The largest absolute Gasteiger partial charge is 0.481 e. The summed E-state index contributed by atoms with van der Waals surface area (Å²) in [5.41, 5.74) is 0. The molecule has 1 rings (SSSR count). The van der Waals surface area contributed by atoms with Crippen molar-refractivity contribution in [2.45, 2.75) is 38.6 Å². The van der Waals surface area contributed by atoms with E-state index >= 15 is 0 Å². The normalized spacial score (nSPS) is 17.0. The monoisotopic (exact) mass is 242 g/mol. The molecule has 6 nitrogen and oxygen atoms in total. The molecule has 17 heavy (non-hydrogen) atoms. The number of carbonyl (C=O) groups excluding carboxylic acids is 2. The summed E-state index contributed by atoms with van der Waals surface area (Å²) in [6.45, 7) is 2.47. The molecular formula is C11H18N2O4. The third-order valence-electron chi connectivity index (χ3n) is 2.70. The van der Waals surface area contributed by atoms with E-state index < -0.39 is 5.97 Å². The van der Waals surface area contributed by atoms with E-state index in [0.29, 0.717) is 19.4 Å². The van der Waals surface area contributed by atoms with Gasteiger partial charge in [-0.25, -0.2) is 0 Å². The van der Waals surface area contributed by atoms with Gasteiger partial charge in [0.25, 0.3) is 0 Å². The van der Waals surface area contributed by atoms with Crippen LogP contribution < -0.4 is 5.32 Å². The van der Waals surface area contributed by atoms with Gasteiger partial charge in [0.05, 0.1) is 6.54 Å². The molecule has 1 aliphatic rings. The van der Waals surface area contributed by atoms with E-state index in [0.717, 1.165) is 6.42 Å². The van der Waals surface area contributed by atoms with Gasteiger partial charge in [0, 0.05) is 25.4 Å². The summed E-state index contributed by atoms with van der Waals surface area (Å²) in [7, 11) is 0. The van der Waals surface area contributed by atoms with Crippen LogP contribution in [-0.4, -0.2) is 46.9 Å². The van der Waals surface area contributed by atoms with Gasteiger partial charge in [0.2, 0.25) is 11.8 Å². The van der Waals surface area contributed by atoms with E-state index in [-0.39, 0.29) is 30.8 Å². The predicted molar refractivity (Wildman–Crippen MR) is 60.3 cm³/mol. The van der Waals surface area contributed by atoms with Crippen LogP contribution in [0.4, 0.5) is 0 Å². The maximum atomic E-state index is 11.5. The second-order valence-corrected chi connectivity index (χ2v) is 4.32. The van der Waals surface area contributed by atoms with Crippen molar-refractivity contribution in [1.82, 2.24) is 10.2 Å². The number of carboxylic acid groups (broad SMARTS) is 1. The molecule has 1 atom stereocenters. The first-order chi connectivity index (χ1) is 7.99. The molecule has 1 unspecified atom stereocenters. The fourth-order valence-corrected chi connectivity index (χ4v) is 1.78. The Bertz CT molecular complexity index is 317. The van der Waals surface area contributed by atoms with E-state index in [1.54, 1.807) is 6.92 Å². The van der Waals surface area contributed by atoms with Crippen LogP contribution >= 0.6 is 0 Å². The summed E-state index contributed by atoms with van der Waals surface area (Å²) in [5, 5.41) is 11.2. The molecule has 0 aliphatic carbocycles. The molecule has 1 saturated heterocycles. The van der Waals surface area contributed by atoms with Gasteiger partial charge in [-0.15, -0.1) is 0 Å². The molecule has 0 bridgehead atoms. The van der Waals surface area contributed by atoms with Crippen LogP contribution in [0.5, 0.6) is 0 Å². The zero-order valence-electron chi connectivity index (χ0n) is 9.94. The molecular weight excluding hydrogens is 224 g/mol. The smallest absolute Gasteiger partial charge is 0.303 e. The summed E-state index contributed by atoms with van der Waals surface area (Å²) in [6.07, 6.45) is 1.75. The van der Waals surface area contributed by atoms with Crippen LogP contribution in [0.2, 0.25) is 0 Å². The van der Waals surface area contributed by atoms with E-state index in [2.05, 4.69) is 5.32 Å². The first-order valence-corrected chi connectivity index (χ1v) is 5.78. The number of hydrogen-bond acceptors (Lipinski definition) is 3. The minimum Gasteiger partial charge on any atom is -0.481 e. The van der Waals surface area contributed by atoms with E-state index in [4.69, 9.17) is 5.11 Å². The highest BCUT2D eigenvalue weighted by Gasteiger charge is 2.22. The van der Waals surface area contributed by atoms with Gasteiger partial charge in [-0.2, -0.15) is 0 Å². The molecule has 0 aromatic rings. The van der Waals surface area contributed by atoms with Crippen LogP contribution in [0.15, 0.2) is 0 Å². The van der Waals surface area contributed by atoms with Crippen molar-refractivity contribution >= 4 is 17.8 Å². The van der Waals surface area contributed by atoms with Gasteiger partial charge in [-0.05, 0) is 19.8 Å². The topological polar surface area (TPSA) is 86.7 Å². The number of nitrogens with one attached hydrogen (secondary N) is 1. The Morgan fingerprint density at radius 3 is 2.76 bits per heavy atom. The number of rotatable bonds is 6. The third kappa shape index (κ3) is 4.84. The summed E-state index contributed by atoms with van der Waals surface area (Å²) < 4.78 is 0. The van der Waals surface area contributed by atoms with Gasteiger partial charge in [-0.1, -0.05) is 0 Å². The van der Waals surface area contributed by atoms with Crippen molar-refractivity contribution in [2.75, 3.05) is 13.1 Å². The number of carboxylic acids is 1. The van der Waals surface area contributed by atoms with Gasteiger partial charge in [0.15, 0.2) is 0 Å². The van der Waals surface area contributed by atoms with Crippen LogP contribution in [0.1, 0.15) is 32.6 Å². The molecule has 0 radical (unpaired) electrons. The SMILES string of the molecule is CC(CCC(=O)O)NC(=O)CN1CCCC1=O. The Kier molecular flexibility index (Phi) is 4.93. The average molecular weight is 242 g/mol. The predicted octanol–water partition coefficient (Wildman–Crippen LogP) is -0.0217. The highest BCUT2D eigenvalue weighted by Crippen LogP contribution is 2.08. The summed E-state index contributed by atoms with van der Waals surface area (Å²) in [6, 6.07) is -0.184. The summed E-state index contributed by atoms with van der Waals surface area (Å²) in [4.78, 5) is 34.7. The molecule has 6 heteroatoms. The summed E-state index contributed by atoms with van der Waals surface area (Å²) >= 11 is 0.